The molecule has 11 aromatic rings. The Labute approximate surface area is 381 Å². The van der Waals surface area contributed by atoms with Crippen LogP contribution >= 0.6 is 0 Å². The third-order valence-electron chi connectivity index (χ3n) is 13.6. The van der Waals surface area contributed by atoms with Gasteiger partial charge in [0.2, 0.25) is 0 Å². The monoisotopic (exact) mass is 830 g/mol. The second-order valence-corrected chi connectivity index (χ2v) is 17.6. The summed E-state index contributed by atoms with van der Waals surface area (Å²) in [4.78, 5) is 2.48. The average Bonchev–Trinajstić information content (AvgIpc) is 3.83. The van der Waals surface area contributed by atoms with Crippen LogP contribution in [0, 0.1) is 0 Å². The Morgan fingerprint density at radius 1 is 0.338 bits per heavy atom. The summed E-state index contributed by atoms with van der Waals surface area (Å²) >= 11 is 0. The number of aromatic nitrogens is 1. The second-order valence-electron chi connectivity index (χ2n) is 17.6. The molecule has 0 radical (unpaired) electrons. The van der Waals surface area contributed by atoms with Gasteiger partial charge in [0.05, 0.1) is 16.7 Å². The molecule has 0 saturated carbocycles. The molecule has 0 N–H and O–H groups in total. The van der Waals surface area contributed by atoms with Crippen molar-refractivity contribution < 1.29 is 0 Å². The predicted octanol–water partition coefficient (Wildman–Crippen LogP) is 17.2. The van der Waals surface area contributed by atoms with Crippen molar-refractivity contribution in [1.82, 2.24) is 4.57 Å². The number of rotatable bonds is 8. The molecule has 0 saturated heterocycles. The number of para-hydroxylation sites is 2. The molecule has 1 aliphatic rings. The number of anilines is 3. The number of fused-ring (bicyclic) bond motifs is 6. The minimum absolute atomic E-state index is 0.0737. The standard InChI is InChI=1S/C63H46N2/c1-63(2)56-32-16-14-29-55(56)61-50(30-18-33-57(61)63)45-36-38-47(39-37-45)64(48-40-41-53-52-27-15-17-34-58(52)65(60(53)42-48)46-24-10-5-11-25-46)59-35-19-31-51(44-22-8-4-9-23-44)62(59)54-28-13-12-26-49(54)43-20-6-3-7-21-43/h3-42H,1-2H3. The maximum atomic E-state index is 2.48. The highest BCUT2D eigenvalue weighted by Gasteiger charge is 2.36. The van der Waals surface area contributed by atoms with E-state index in [2.05, 4.69) is 266 Å². The average molecular weight is 831 g/mol. The summed E-state index contributed by atoms with van der Waals surface area (Å²) in [5.74, 6) is 0. The number of nitrogens with zero attached hydrogens (tertiary/aromatic N) is 2. The van der Waals surface area contributed by atoms with E-state index in [0.717, 1.165) is 28.3 Å². The van der Waals surface area contributed by atoms with Crippen LogP contribution in [0.5, 0.6) is 0 Å². The lowest BCUT2D eigenvalue weighted by atomic mass is 9.82. The molecule has 0 atom stereocenters. The van der Waals surface area contributed by atoms with Crippen LogP contribution in [0.2, 0.25) is 0 Å². The first-order valence-electron chi connectivity index (χ1n) is 22.6. The van der Waals surface area contributed by atoms with Gasteiger partial charge in [-0.2, -0.15) is 0 Å². The van der Waals surface area contributed by atoms with Gasteiger partial charge in [0.25, 0.3) is 0 Å². The summed E-state index contributed by atoms with van der Waals surface area (Å²) in [6.45, 7) is 4.71. The van der Waals surface area contributed by atoms with Crippen LogP contribution in [0.25, 0.3) is 83.1 Å². The summed E-state index contributed by atoms with van der Waals surface area (Å²) in [6, 6.07) is 88.9. The summed E-state index contributed by atoms with van der Waals surface area (Å²) in [7, 11) is 0. The quantitative estimate of drug-likeness (QED) is 0.148. The molecule has 0 amide bonds. The van der Waals surface area contributed by atoms with Crippen LogP contribution in [0.3, 0.4) is 0 Å². The fourth-order valence-corrected chi connectivity index (χ4v) is 10.6. The molecule has 12 rings (SSSR count). The van der Waals surface area contributed by atoms with E-state index in [4.69, 9.17) is 0 Å². The first-order valence-corrected chi connectivity index (χ1v) is 22.6. The zero-order valence-electron chi connectivity index (χ0n) is 36.5. The van der Waals surface area contributed by atoms with Gasteiger partial charge in [0.15, 0.2) is 0 Å². The maximum Gasteiger partial charge on any atom is 0.0561 e. The zero-order chi connectivity index (χ0) is 43.5. The number of hydrogen-bond acceptors (Lipinski definition) is 1. The van der Waals surface area contributed by atoms with E-state index in [1.165, 1.54) is 83.1 Å². The Balaban J connectivity index is 1.12. The van der Waals surface area contributed by atoms with Crippen molar-refractivity contribution in [2.24, 2.45) is 0 Å². The van der Waals surface area contributed by atoms with E-state index >= 15 is 0 Å². The van der Waals surface area contributed by atoms with Crippen molar-refractivity contribution in [3.63, 3.8) is 0 Å². The summed E-state index contributed by atoms with van der Waals surface area (Å²) in [5, 5.41) is 2.45. The van der Waals surface area contributed by atoms with E-state index in [0.29, 0.717) is 0 Å². The highest BCUT2D eigenvalue weighted by atomic mass is 15.1. The highest BCUT2D eigenvalue weighted by molar-refractivity contribution is 6.11. The van der Waals surface area contributed by atoms with Crippen LogP contribution in [0.4, 0.5) is 17.1 Å². The van der Waals surface area contributed by atoms with Gasteiger partial charge in [-0.15, -0.1) is 0 Å². The zero-order valence-corrected chi connectivity index (χ0v) is 36.5. The molecule has 2 nitrogen and oxygen atoms in total. The molecule has 65 heavy (non-hydrogen) atoms. The molecule has 1 aromatic heterocycles. The van der Waals surface area contributed by atoms with Gasteiger partial charge >= 0.3 is 0 Å². The third-order valence-corrected chi connectivity index (χ3v) is 13.6. The smallest absolute Gasteiger partial charge is 0.0561 e. The fraction of sp³-hybridized carbons (Fsp3) is 0.0476. The molecule has 1 heterocycles. The van der Waals surface area contributed by atoms with Gasteiger partial charge < -0.3 is 9.47 Å². The van der Waals surface area contributed by atoms with Crippen LogP contribution in [-0.2, 0) is 5.41 Å². The van der Waals surface area contributed by atoms with E-state index < -0.39 is 0 Å². The Kier molecular flexibility index (Phi) is 9.21. The molecular weight excluding hydrogens is 785 g/mol. The summed E-state index contributed by atoms with van der Waals surface area (Å²) in [6.07, 6.45) is 0. The number of benzene rings is 10. The lowest BCUT2D eigenvalue weighted by Gasteiger charge is -2.30. The maximum absolute atomic E-state index is 2.48. The van der Waals surface area contributed by atoms with E-state index in [1.807, 2.05) is 0 Å². The number of hydrogen-bond donors (Lipinski definition) is 0. The lowest BCUT2D eigenvalue weighted by Crippen LogP contribution is -2.14. The van der Waals surface area contributed by atoms with Crippen LogP contribution in [0.15, 0.2) is 243 Å². The van der Waals surface area contributed by atoms with Crippen LogP contribution < -0.4 is 4.90 Å². The van der Waals surface area contributed by atoms with Crippen molar-refractivity contribution in [2.45, 2.75) is 19.3 Å². The van der Waals surface area contributed by atoms with Gasteiger partial charge in [0.1, 0.15) is 0 Å². The molecule has 1 aliphatic carbocycles. The van der Waals surface area contributed by atoms with Gasteiger partial charge in [-0.3, -0.25) is 0 Å². The Bertz CT molecular complexity index is 3550. The lowest BCUT2D eigenvalue weighted by molar-refractivity contribution is 0.660. The summed E-state index contributed by atoms with van der Waals surface area (Å²) < 4.78 is 2.41. The molecule has 0 bridgehead atoms. The summed E-state index contributed by atoms with van der Waals surface area (Å²) in [5.41, 5.74) is 21.6. The van der Waals surface area contributed by atoms with Crippen molar-refractivity contribution in [3.8, 4) is 61.3 Å². The van der Waals surface area contributed by atoms with Gasteiger partial charge in [-0.05, 0) is 110 Å². The fourth-order valence-electron chi connectivity index (χ4n) is 10.6. The Morgan fingerprint density at radius 3 is 1.58 bits per heavy atom. The van der Waals surface area contributed by atoms with Crippen molar-refractivity contribution in [1.29, 1.82) is 0 Å². The third kappa shape index (κ3) is 6.32. The normalized spacial score (nSPS) is 12.6. The molecule has 0 aliphatic heterocycles. The van der Waals surface area contributed by atoms with Crippen LogP contribution in [0.1, 0.15) is 25.0 Å². The van der Waals surface area contributed by atoms with Crippen molar-refractivity contribution >= 4 is 38.9 Å². The van der Waals surface area contributed by atoms with Crippen molar-refractivity contribution in [2.75, 3.05) is 4.90 Å². The topological polar surface area (TPSA) is 8.17 Å². The van der Waals surface area contributed by atoms with Crippen LogP contribution in [-0.4, -0.2) is 4.57 Å². The Morgan fingerprint density at radius 2 is 0.846 bits per heavy atom. The van der Waals surface area contributed by atoms with E-state index in [1.54, 1.807) is 0 Å². The highest BCUT2D eigenvalue weighted by Crippen LogP contribution is 2.53. The minimum Gasteiger partial charge on any atom is -0.310 e. The second kappa shape index (κ2) is 15.6. The van der Waals surface area contributed by atoms with Gasteiger partial charge in [0, 0.05) is 38.8 Å². The first-order chi connectivity index (χ1) is 32.0. The van der Waals surface area contributed by atoms with E-state index in [9.17, 15) is 0 Å². The Hall–Kier alpha value is -8.20. The first kappa shape index (κ1) is 38.5. The van der Waals surface area contributed by atoms with E-state index in [-0.39, 0.29) is 5.41 Å². The molecular formula is C63H46N2. The SMILES string of the molecule is CC1(C)c2ccccc2-c2c(-c3ccc(N(c4ccc5c6ccccc6n(-c6ccccc6)c5c4)c4cccc(-c5ccccc5)c4-c4ccccc4-c4ccccc4)cc3)cccc21. The molecule has 0 spiro atoms. The largest absolute Gasteiger partial charge is 0.310 e. The minimum atomic E-state index is -0.0737. The molecule has 2 heteroatoms. The molecule has 0 fully saturated rings. The molecule has 10 aromatic carbocycles. The molecule has 308 valence electrons. The molecule has 0 unspecified atom stereocenters. The van der Waals surface area contributed by atoms with Crippen molar-refractivity contribution in [3.05, 3.63) is 254 Å². The van der Waals surface area contributed by atoms with Gasteiger partial charge in [-0.1, -0.05) is 208 Å². The predicted molar refractivity (Wildman–Crippen MR) is 275 cm³/mol. The van der Waals surface area contributed by atoms with Gasteiger partial charge in [-0.25, -0.2) is 0 Å².